The van der Waals surface area contributed by atoms with Crippen LogP contribution in [0.15, 0.2) is 53.4 Å². The third-order valence-corrected chi connectivity index (χ3v) is 5.82. The van der Waals surface area contributed by atoms with Crippen LogP contribution in [-0.4, -0.2) is 20.9 Å². The van der Waals surface area contributed by atoms with Gasteiger partial charge in [0.1, 0.15) is 4.90 Å². The van der Waals surface area contributed by atoms with Gasteiger partial charge >= 0.3 is 0 Å². The molecule has 0 bridgehead atoms. The number of benzene rings is 2. The third-order valence-electron chi connectivity index (χ3n) is 3.44. The first-order valence-electron chi connectivity index (χ1n) is 7.57. The van der Waals surface area contributed by atoms with Gasteiger partial charge in [-0.1, -0.05) is 36.7 Å². The number of hydrogen-bond donors (Lipinski definition) is 1. The fourth-order valence-corrected chi connectivity index (χ4v) is 4.21. The van der Waals surface area contributed by atoms with E-state index < -0.39 is 10.0 Å². The Morgan fingerprint density at radius 1 is 1.12 bits per heavy atom. The highest BCUT2D eigenvalue weighted by Crippen LogP contribution is 2.30. The zero-order valence-corrected chi connectivity index (χ0v) is 15.1. The minimum atomic E-state index is -3.85. The summed E-state index contributed by atoms with van der Waals surface area (Å²) in [5.74, 6) is -0.198. The fraction of sp³-hybridized carbons (Fsp3) is 0.235. The molecule has 0 spiro atoms. The number of hydrogen-bond acceptors (Lipinski definition) is 3. The molecule has 0 aliphatic rings. The molecular weight excluding hydrogens is 348 g/mol. The lowest BCUT2D eigenvalue weighted by molar-refractivity contribution is -0.115. The van der Waals surface area contributed by atoms with E-state index in [-0.39, 0.29) is 22.4 Å². The molecule has 24 heavy (non-hydrogen) atoms. The van der Waals surface area contributed by atoms with Crippen LogP contribution in [0.25, 0.3) is 0 Å². The van der Waals surface area contributed by atoms with Gasteiger partial charge in [-0.3, -0.25) is 9.10 Å². The average Bonchev–Trinajstić information content (AvgIpc) is 2.57. The Balaban J connectivity index is 2.48. The highest BCUT2D eigenvalue weighted by atomic mass is 35.5. The molecule has 2 rings (SSSR count). The molecule has 0 aromatic heterocycles. The predicted molar refractivity (Wildman–Crippen MR) is 97.0 cm³/mol. The van der Waals surface area contributed by atoms with Crippen LogP contribution in [-0.2, 0) is 14.8 Å². The van der Waals surface area contributed by atoms with Crippen LogP contribution in [0.5, 0.6) is 0 Å². The van der Waals surface area contributed by atoms with Crippen molar-refractivity contribution in [1.82, 2.24) is 0 Å². The summed E-state index contributed by atoms with van der Waals surface area (Å²) in [6.07, 6.45) is 0.301. The highest BCUT2D eigenvalue weighted by molar-refractivity contribution is 7.93. The Morgan fingerprint density at radius 2 is 1.79 bits per heavy atom. The van der Waals surface area contributed by atoms with Crippen LogP contribution in [0.3, 0.4) is 0 Å². The number of carbonyl (C=O) groups excluding carboxylic acids is 1. The lowest BCUT2D eigenvalue weighted by Gasteiger charge is -2.23. The van der Waals surface area contributed by atoms with Crippen molar-refractivity contribution >= 4 is 38.9 Å². The van der Waals surface area contributed by atoms with Gasteiger partial charge in [0.2, 0.25) is 5.91 Å². The Morgan fingerprint density at radius 3 is 2.38 bits per heavy atom. The predicted octanol–water partition coefficient (Wildman–Crippen LogP) is 3.90. The largest absolute Gasteiger partial charge is 0.326 e. The molecule has 0 saturated carbocycles. The second-order valence-corrected chi connectivity index (χ2v) is 7.29. The molecule has 0 fully saturated rings. The van der Waals surface area contributed by atoms with Gasteiger partial charge < -0.3 is 5.32 Å². The maximum Gasteiger partial charge on any atom is 0.265 e. The van der Waals surface area contributed by atoms with Gasteiger partial charge in [0.25, 0.3) is 10.0 Å². The number of rotatable bonds is 6. The van der Waals surface area contributed by atoms with Gasteiger partial charge in [-0.05, 0) is 37.3 Å². The summed E-state index contributed by atoms with van der Waals surface area (Å²) in [6, 6.07) is 13.2. The maximum absolute atomic E-state index is 13.0. The minimum absolute atomic E-state index is 0.0382. The molecule has 5 nitrogen and oxygen atoms in total. The van der Waals surface area contributed by atoms with Crippen molar-refractivity contribution in [2.75, 3.05) is 16.2 Å². The lowest BCUT2D eigenvalue weighted by atomic mass is 10.3. The van der Waals surface area contributed by atoms with Gasteiger partial charge in [-0.2, -0.15) is 0 Å². The topological polar surface area (TPSA) is 66.5 Å². The second kappa shape index (κ2) is 7.68. The van der Waals surface area contributed by atoms with E-state index >= 15 is 0 Å². The molecule has 7 heteroatoms. The van der Waals surface area contributed by atoms with E-state index in [0.717, 1.165) is 0 Å². The Labute approximate surface area is 147 Å². The van der Waals surface area contributed by atoms with Crippen molar-refractivity contribution in [1.29, 1.82) is 0 Å². The van der Waals surface area contributed by atoms with Crippen LogP contribution >= 0.6 is 11.6 Å². The normalized spacial score (nSPS) is 11.1. The van der Waals surface area contributed by atoms with E-state index in [9.17, 15) is 13.2 Å². The van der Waals surface area contributed by atoms with Crippen molar-refractivity contribution < 1.29 is 13.2 Å². The maximum atomic E-state index is 13.0. The molecule has 0 aliphatic heterocycles. The molecule has 128 valence electrons. The molecule has 1 amide bonds. The minimum Gasteiger partial charge on any atom is -0.326 e. The number of halogens is 1. The molecule has 0 heterocycles. The molecule has 0 saturated heterocycles. The van der Waals surface area contributed by atoms with Crippen molar-refractivity contribution in [3.05, 3.63) is 53.6 Å². The van der Waals surface area contributed by atoms with Gasteiger partial charge in [0, 0.05) is 18.7 Å². The first-order valence-corrected chi connectivity index (χ1v) is 9.39. The van der Waals surface area contributed by atoms with E-state index in [2.05, 4.69) is 5.32 Å². The summed E-state index contributed by atoms with van der Waals surface area (Å²) < 4.78 is 27.3. The standard InChI is InChI=1S/C17H19ClN2O3S/c1-3-17(21)19-13-10-11-15(18)16(12-13)24(22,23)20(4-2)14-8-6-5-7-9-14/h5-12H,3-4H2,1-2H3,(H,19,21). The monoisotopic (exact) mass is 366 g/mol. The molecule has 0 radical (unpaired) electrons. The van der Waals surface area contributed by atoms with Gasteiger partial charge in [-0.25, -0.2) is 8.42 Å². The van der Waals surface area contributed by atoms with Crippen LogP contribution in [0, 0.1) is 0 Å². The first-order chi connectivity index (χ1) is 11.4. The zero-order chi connectivity index (χ0) is 17.7. The number of amides is 1. The van der Waals surface area contributed by atoms with E-state index in [1.165, 1.54) is 16.4 Å². The Kier molecular flexibility index (Phi) is 5.85. The summed E-state index contributed by atoms with van der Waals surface area (Å²) in [5, 5.41) is 2.76. The van der Waals surface area contributed by atoms with Crippen molar-refractivity contribution in [3.63, 3.8) is 0 Å². The quantitative estimate of drug-likeness (QED) is 0.843. The number of sulfonamides is 1. The summed E-state index contributed by atoms with van der Waals surface area (Å²) in [4.78, 5) is 11.5. The summed E-state index contributed by atoms with van der Waals surface area (Å²) in [7, 11) is -3.85. The SMILES string of the molecule is CCC(=O)Nc1ccc(Cl)c(S(=O)(=O)N(CC)c2ccccc2)c1. The van der Waals surface area contributed by atoms with E-state index in [1.807, 2.05) is 6.07 Å². The van der Waals surface area contributed by atoms with Crippen molar-refractivity contribution in [3.8, 4) is 0 Å². The summed E-state index contributed by atoms with van der Waals surface area (Å²) in [6.45, 7) is 3.73. The fourth-order valence-electron chi connectivity index (χ4n) is 2.23. The van der Waals surface area contributed by atoms with Gasteiger partial charge in [-0.15, -0.1) is 0 Å². The van der Waals surface area contributed by atoms with Crippen LogP contribution in [0.1, 0.15) is 20.3 Å². The number of para-hydroxylation sites is 1. The van der Waals surface area contributed by atoms with Gasteiger partial charge in [0.05, 0.1) is 10.7 Å². The Hall–Kier alpha value is -2.05. The number of nitrogens with zero attached hydrogens (tertiary/aromatic N) is 1. The van der Waals surface area contributed by atoms with E-state index in [4.69, 9.17) is 11.6 Å². The molecule has 0 atom stereocenters. The smallest absolute Gasteiger partial charge is 0.265 e. The molecule has 0 aliphatic carbocycles. The zero-order valence-electron chi connectivity index (χ0n) is 13.5. The Bertz CT molecular complexity index is 823. The van der Waals surface area contributed by atoms with E-state index in [1.54, 1.807) is 44.2 Å². The summed E-state index contributed by atoms with van der Waals surface area (Å²) >= 11 is 6.12. The number of carbonyl (C=O) groups is 1. The average molecular weight is 367 g/mol. The molecule has 1 N–H and O–H groups in total. The number of nitrogens with one attached hydrogen (secondary N) is 1. The lowest BCUT2D eigenvalue weighted by Crippen LogP contribution is -2.31. The second-order valence-electron chi connectivity index (χ2n) is 5.05. The summed E-state index contributed by atoms with van der Waals surface area (Å²) in [5.41, 5.74) is 0.952. The molecular formula is C17H19ClN2O3S. The molecule has 0 unspecified atom stereocenters. The highest BCUT2D eigenvalue weighted by Gasteiger charge is 2.26. The molecule has 2 aromatic carbocycles. The molecule has 2 aromatic rings. The van der Waals surface area contributed by atoms with Crippen molar-refractivity contribution in [2.24, 2.45) is 0 Å². The third kappa shape index (κ3) is 3.88. The van der Waals surface area contributed by atoms with Crippen LogP contribution < -0.4 is 9.62 Å². The van der Waals surface area contributed by atoms with Gasteiger partial charge in [0.15, 0.2) is 0 Å². The van der Waals surface area contributed by atoms with Crippen molar-refractivity contribution in [2.45, 2.75) is 25.2 Å². The first kappa shape index (κ1) is 18.3. The van der Waals surface area contributed by atoms with Crippen LogP contribution in [0.4, 0.5) is 11.4 Å². The van der Waals surface area contributed by atoms with E-state index in [0.29, 0.717) is 17.8 Å². The van der Waals surface area contributed by atoms with Crippen LogP contribution in [0.2, 0.25) is 5.02 Å². The number of anilines is 2.